The molecule has 2 amide bonds. The summed E-state index contributed by atoms with van der Waals surface area (Å²) in [7, 11) is 3.07. The lowest BCUT2D eigenvalue weighted by molar-refractivity contribution is -0.142. The van der Waals surface area contributed by atoms with Gasteiger partial charge in [-0.05, 0) is 60.4 Å². The number of hydrogen-bond acceptors (Lipinski definition) is 9. The van der Waals surface area contributed by atoms with Crippen LogP contribution in [0.5, 0.6) is 23.0 Å². The molecule has 6 rings (SSSR count). The van der Waals surface area contributed by atoms with Crippen LogP contribution in [0.25, 0.3) is 11.0 Å². The van der Waals surface area contributed by atoms with Crippen molar-refractivity contribution in [1.29, 1.82) is 0 Å². The molecule has 224 valence electrons. The molecule has 0 unspecified atom stereocenters. The maximum Gasteiger partial charge on any atom is 0.247 e. The number of amides is 2. The van der Waals surface area contributed by atoms with Crippen molar-refractivity contribution in [3.63, 3.8) is 0 Å². The van der Waals surface area contributed by atoms with Crippen LogP contribution in [0, 0.1) is 0 Å². The Morgan fingerprint density at radius 3 is 2.70 bits per heavy atom. The largest absolute Gasteiger partial charge is 0.493 e. The van der Waals surface area contributed by atoms with E-state index >= 15 is 0 Å². The molecule has 0 radical (unpaired) electrons. The number of fused-ring (bicyclic) bond motifs is 2. The van der Waals surface area contributed by atoms with Crippen LogP contribution >= 0.6 is 0 Å². The minimum absolute atomic E-state index is 0.0745. The minimum atomic E-state index is -1.02. The Labute approximate surface area is 248 Å². The van der Waals surface area contributed by atoms with E-state index in [4.69, 9.17) is 23.7 Å². The molecule has 3 heterocycles. The predicted molar refractivity (Wildman–Crippen MR) is 155 cm³/mol. The molecule has 2 aliphatic heterocycles. The van der Waals surface area contributed by atoms with Crippen LogP contribution in [0.1, 0.15) is 30.0 Å². The van der Waals surface area contributed by atoms with Crippen LogP contribution in [0.2, 0.25) is 0 Å². The molecule has 1 aromatic heterocycles. The number of nitrogens with one attached hydrogen (secondary N) is 1. The number of ether oxygens (including phenoxy) is 5. The quantitative estimate of drug-likeness (QED) is 0.281. The van der Waals surface area contributed by atoms with Gasteiger partial charge in [-0.25, -0.2) is 4.68 Å². The Kier molecular flexibility index (Phi) is 8.27. The van der Waals surface area contributed by atoms with Gasteiger partial charge in [0.15, 0.2) is 23.0 Å². The molecule has 0 spiro atoms. The van der Waals surface area contributed by atoms with Crippen molar-refractivity contribution in [1.82, 2.24) is 25.2 Å². The number of carbonyl (C=O) groups is 2. The van der Waals surface area contributed by atoms with E-state index in [1.54, 1.807) is 41.0 Å². The van der Waals surface area contributed by atoms with Crippen molar-refractivity contribution < 1.29 is 33.3 Å². The van der Waals surface area contributed by atoms with Gasteiger partial charge in [0.2, 0.25) is 18.6 Å². The molecule has 43 heavy (non-hydrogen) atoms. The second-order valence-corrected chi connectivity index (χ2v) is 10.3. The van der Waals surface area contributed by atoms with E-state index in [0.29, 0.717) is 52.7 Å². The lowest BCUT2D eigenvalue weighted by Crippen LogP contribution is -2.46. The number of rotatable bonds is 11. The summed E-state index contributed by atoms with van der Waals surface area (Å²) in [5, 5.41) is 11.4. The summed E-state index contributed by atoms with van der Waals surface area (Å²) in [6.07, 6.45) is 1.73. The van der Waals surface area contributed by atoms with Crippen molar-refractivity contribution in [3.05, 3.63) is 71.8 Å². The number of carbonyl (C=O) groups excluding carboxylic acids is 2. The second-order valence-electron chi connectivity index (χ2n) is 10.3. The van der Waals surface area contributed by atoms with Crippen molar-refractivity contribution in [2.24, 2.45) is 0 Å². The summed E-state index contributed by atoms with van der Waals surface area (Å²) in [5.41, 5.74) is 2.70. The lowest BCUT2D eigenvalue weighted by atomic mass is 10.0. The van der Waals surface area contributed by atoms with Gasteiger partial charge >= 0.3 is 0 Å². The smallest absolute Gasteiger partial charge is 0.247 e. The second kappa shape index (κ2) is 12.6. The molecule has 0 aliphatic carbocycles. The SMILES string of the molecule is COc1ccc([C@H](C(=O)NC[C@H]2CCCO2)N(Cc2ccc3c(c2)OCO3)C(=O)Cn2nnc3ccccc32)cc1OC. The standard InChI is InChI=1S/C31H33N5O7/c1-39-25-12-10-21(15-27(25)40-2)30(31(38)32-16-22-6-5-13-41-22)35(17-20-9-11-26-28(14-20)43-19-42-26)29(37)18-36-24-8-4-3-7-23(24)33-34-36/h3-4,7-12,14-15,22,30H,5-6,13,16-19H2,1-2H3,(H,32,38)/t22-,30-/m1/s1. The van der Waals surface area contributed by atoms with Crippen LogP contribution in [-0.2, 0) is 27.4 Å². The lowest BCUT2D eigenvalue weighted by Gasteiger charge is -2.32. The molecule has 3 aromatic carbocycles. The highest BCUT2D eigenvalue weighted by atomic mass is 16.7. The third-order valence-corrected chi connectivity index (χ3v) is 7.63. The molecule has 0 saturated carbocycles. The Bertz CT molecular complexity index is 1620. The zero-order valence-corrected chi connectivity index (χ0v) is 24.0. The molecular formula is C31H33N5O7. The van der Waals surface area contributed by atoms with Gasteiger partial charge < -0.3 is 33.9 Å². The average molecular weight is 588 g/mol. The highest BCUT2D eigenvalue weighted by Gasteiger charge is 2.34. The molecule has 1 N–H and O–H groups in total. The highest BCUT2D eigenvalue weighted by Crippen LogP contribution is 2.36. The molecule has 0 bridgehead atoms. The minimum Gasteiger partial charge on any atom is -0.493 e. The zero-order chi connectivity index (χ0) is 29.8. The zero-order valence-electron chi connectivity index (χ0n) is 24.0. The first-order chi connectivity index (χ1) is 21.0. The number of para-hydroxylation sites is 1. The van der Waals surface area contributed by atoms with Crippen LogP contribution in [0.15, 0.2) is 60.7 Å². The summed E-state index contributed by atoms with van der Waals surface area (Å²) >= 11 is 0. The van der Waals surface area contributed by atoms with E-state index in [-0.39, 0.29) is 37.8 Å². The first kappa shape index (κ1) is 28.3. The number of benzene rings is 3. The molecule has 4 aromatic rings. The maximum absolute atomic E-state index is 14.3. The van der Waals surface area contributed by atoms with Crippen LogP contribution in [0.4, 0.5) is 0 Å². The Hall–Kier alpha value is -4.84. The normalized spacial score (nSPS) is 16.2. The number of methoxy groups -OCH3 is 2. The predicted octanol–water partition coefficient (Wildman–Crippen LogP) is 3.24. The van der Waals surface area contributed by atoms with E-state index in [1.165, 1.54) is 7.11 Å². The summed E-state index contributed by atoms with van der Waals surface area (Å²) in [6, 6.07) is 17.1. The van der Waals surface area contributed by atoms with Gasteiger partial charge in [0.1, 0.15) is 18.1 Å². The van der Waals surface area contributed by atoms with Gasteiger partial charge in [-0.3, -0.25) is 9.59 Å². The molecule has 2 aliphatic rings. The summed E-state index contributed by atoms with van der Waals surface area (Å²) in [4.78, 5) is 29.9. The average Bonchev–Trinajstić information content (AvgIpc) is 3.81. The monoisotopic (exact) mass is 587 g/mol. The molecule has 1 saturated heterocycles. The van der Waals surface area contributed by atoms with E-state index in [1.807, 2.05) is 36.4 Å². The first-order valence-electron chi connectivity index (χ1n) is 14.1. The van der Waals surface area contributed by atoms with Crippen molar-refractivity contribution in [2.75, 3.05) is 34.2 Å². The third kappa shape index (κ3) is 6.05. The van der Waals surface area contributed by atoms with E-state index in [0.717, 1.165) is 18.4 Å². The van der Waals surface area contributed by atoms with Crippen LogP contribution < -0.4 is 24.3 Å². The van der Waals surface area contributed by atoms with E-state index in [9.17, 15) is 9.59 Å². The fourth-order valence-corrected chi connectivity index (χ4v) is 5.42. The summed E-state index contributed by atoms with van der Waals surface area (Å²) in [6.45, 7) is 1.10. The Balaban J connectivity index is 1.39. The third-order valence-electron chi connectivity index (χ3n) is 7.63. The molecule has 1 fully saturated rings. The molecule has 2 atom stereocenters. The van der Waals surface area contributed by atoms with Crippen LogP contribution in [0.3, 0.4) is 0 Å². The van der Waals surface area contributed by atoms with Gasteiger partial charge in [0, 0.05) is 19.7 Å². The molecule has 12 heteroatoms. The topological polar surface area (TPSA) is 126 Å². The first-order valence-corrected chi connectivity index (χ1v) is 14.1. The van der Waals surface area contributed by atoms with Gasteiger partial charge in [-0.1, -0.05) is 29.5 Å². The highest BCUT2D eigenvalue weighted by molar-refractivity contribution is 5.89. The fraction of sp³-hybridized carbons (Fsp3) is 0.355. The Morgan fingerprint density at radius 2 is 1.88 bits per heavy atom. The van der Waals surface area contributed by atoms with Gasteiger partial charge in [0.25, 0.3) is 0 Å². The van der Waals surface area contributed by atoms with E-state index < -0.39 is 6.04 Å². The Morgan fingerprint density at radius 1 is 1.05 bits per heavy atom. The number of aromatic nitrogens is 3. The van der Waals surface area contributed by atoms with E-state index in [2.05, 4.69) is 15.6 Å². The number of nitrogens with zero attached hydrogens (tertiary/aromatic N) is 4. The molecule has 12 nitrogen and oxygen atoms in total. The molecular weight excluding hydrogens is 554 g/mol. The van der Waals surface area contributed by atoms with Gasteiger partial charge in [0.05, 0.1) is 25.8 Å². The van der Waals surface area contributed by atoms with Gasteiger partial charge in [-0.2, -0.15) is 0 Å². The van der Waals surface area contributed by atoms with Crippen molar-refractivity contribution >= 4 is 22.8 Å². The fourth-order valence-electron chi connectivity index (χ4n) is 5.42. The van der Waals surface area contributed by atoms with Crippen LogP contribution in [-0.4, -0.2) is 72.0 Å². The van der Waals surface area contributed by atoms with Crippen molar-refractivity contribution in [2.45, 2.75) is 38.1 Å². The summed E-state index contributed by atoms with van der Waals surface area (Å²) in [5.74, 6) is 1.47. The summed E-state index contributed by atoms with van der Waals surface area (Å²) < 4.78 is 29.3. The maximum atomic E-state index is 14.3. The number of hydrogen-bond donors (Lipinski definition) is 1. The van der Waals surface area contributed by atoms with Crippen molar-refractivity contribution in [3.8, 4) is 23.0 Å². The van der Waals surface area contributed by atoms with Gasteiger partial charge in [-0.15, -0.1) is 5.10 Å².